The van der Waals surface area contributed by atoms with Crippen LogP contribution in [0, 0.1) is 5.82 Å². The Morgan fingerprint density at radius 2 is 1.88 bits per heavy atom. The molecule has 0 fully saturated rings. The molecule has 0 N–H and O–H groups in total. The number of amides is 2. The van der Waals surface area contributed by atoms with Crippen LogP contribution in [0.3, 0.4) is 0 Å². The van der Waals surface area contributed by atoms with Gasteiger partial charge in [0.2, 0.25) is 5.91 Å². The van der Waals surface area contributed by atoms with E-state index in [2.05, 4.69) is 4.57 Å². The monoisotopic (exact) mass is 453 g/mol. The fourth-order valence-electron chi connectivity index (χ4n) is 4.23. The molecule has 32 heavy (non-hydrogen) atoms. The molecule has 0 saturated heterocycles. The van der Waals surface area contributed by atoms with Gasteiger partial charge in [0.1, 0.15) is 12.4 Å². The van der Waals surface area contributed by atoms with Crippen LogP contribution < -0.4 is 0 Å². The van der Waals surface area contributed by atoms with Crippen LogP contribution in [0.4, 0.5) is 4.39 Å². The predicted octanol–water partition coefficient (Wildman–Crippen LogP) is 4.76. The first-order valence-electron chi connectivity index (χ1n) is 10.7. The highest BCUT2D eigenvalue weighted by Crippen LogP contribution is 2.33. The zero-order chi connectivity index (χ0) is 22.7. The number of carbonyl (C=O) groups excluding carboxylic acids is 2. The standard InChI is InChI=1S/C25H25ClFN3O2/c1-2-12-29(25(32)18-8-10-20(26)11-9-18)17-23(31)30-15-14-28-13-4-7-22(28)24(30)19-5-3-6-21(27)16-19/h3-11,13,16,24H,2,12,14-15,17H2,1H3. The van der Waals surface area contributed by atoms with E-state index in [0.29, 0.717) is 35.8 Å². The number of halogens is 2. The Kier molecular flexibility index (Phi) is 6.61. The Morgan fingerprint density at radius 3 is 2.59 bits per heavy atom. The third kappa shape index (κ3) is 4.55. The van der Waals surface area contributed by atoms with Gasteiger partial charge in [0.05, 0.1) is 6.04 Å². The number of rotatable bonds is 6. The molecule has 166 valence electrons. The summed E-state index contributed by atoms with van der Waals surface area (Å²) in [5.41, 5.74) is 2.13. The van der Waals surface area contributed by atoms with Crippen LogP contribution in [0.2, 0.25) is 5.02 Å². The van der Waals surface area contributed by atoms with Crippen molar-refractivity contribution in [1.29, 1.82) is 0 Å². The Bertz CT molecular complexity index is 1110. The predicted molar refractivity (Wildman–Crippen MR) is 122 cm³/mol. The van der Waals surface area contributed by atoms with Gasteiger partial charge >= 0.3 is 0 Å². The van der Waals surface area contributed by atoms with Crippen molar-refractivity contribution < 1.29 is 14.0 Å². The average molecular weight is 454 g/mol. The second-order valence-corrected chi connectivity index (χ2v) is 8.34. The van der Waals surface area contributed by atoms with Crippen LogP contribution in [0.25, 0.3) is 0 Å². The molecule has 1 atom stereocenters. The summed E-state index contributed by atoms with van der Waals surface area (Å²) in [6.45, 7) is 3.52. The number of benzene rings is 2. The molecule has 7 heteroatoms. The van der Waals surface area contributed by atoms with Crippen molar-refractivity contribution in [1.82, 2.24) is 14.4 Å². The van der Waals surface area contributed by atoms with Crippen LogP contribution in [-0.2, 0) is 11.3 Å². The van der Waals surface area contributed by atoms with Gasteiger partial charge in [-0.2, -0.15) is 0 Å². The normalized spacial score (nSPS) is 15.3. The van der Waals surface area contributed by atoms with Crippen molar-refractivity contribution >= 4 is 23.4 Å². The highest BCUT2D eigenvalue weighted by molar-refractivity contribution is 6.30. The van der Waals surface area contributed by atoms with Gasteiger partial charge in [-0.3, -0.25) is 9.59 Å². The minimum absolute atomic E-state index is 0.0399. The van der Waals surface area contributed by atoms with Gasteiger partial charge < -0.3 is 14.4 Å². The van der Waals surface area contributed by atoms with E-state index < -0.39 is 6.04 Å². The molecule has 0 bridgehead atoms. The van der Waals surface area contributed by atoms with Gasteiger partial charge in [0.25, 0.3) is 5.91 Å². The van der Waals surface area contributed by atoms with Crippen molar-refractivity contribution in [3.05, 3.63) is 94.5 Å². The van der Waals surface area contributed by atoms with Gasteiger partial charge in [0, 0.05) is 42.1 Å². The number of hydrogen-bond acceptors (Lipinski definition) is 2. The van der Waals surface area contributed by atoms with E-state index in [9.17, 15) is 14.0 Å². The molecule has 3 aromatic rings. The Balaban J connectivity index is 1.61. The van der Waals surface area contributed by atoms with E-state index in [1.54, 1.807) is 40.1 Å². The molecule has 2 amide bonds. The lowest BCUT2D eigenvalue weighted by molar-refractivity contribution is -0.134. The lowest BCUT2D eigenvalue weighted by atomic mass is 9.99. The SMILES string of the molecule is CCCN(CC(=O)N1CCn2cccc2C1c1cccc(F)c1)C(=O)c1ccc(Cl)cc1. The Hall–Kier alpha value is -3.12. The summed E-state index contributed by atoms with van der Waals surface area (Å²) < 4.78 is 16.1. The second-order valence-electron chi connectivity index (χ2n) is 7.90. The molecule has 1 unspecified atom stereocenters. The zero-order valence-electron chi connectivity index (χ0n) is 17.9. The number of hydrogen-bond donors (Lipinski definition) is 0. The van der Waals surface area contributed by atoms with Crippen LogP contribution in [0.1, 0.15) is 41.0 Å². The van der Waals surface area contributed by atoms with Gasteiger partial charge in [-0.15, -0.1) is 0 Å². The average Bonchev–Trinajstić information content (AvgIpc) is 3.27. The number of aromatic nitrogens is 1. The Morgan fingerprint density at radius 1 is 1.09 bits per heavy atom. The molecular weight excluding hydrogens is 429 g/mol. The molecular formula is C25H25ClFN3O2. The first-order chi connectivity index (χ1) is 15.5. The third-order valence-corrected chi connectivity index (χ3v) is 5.97. The molecule has 1 aliphatic rings. The Labute approximate surface area is 192 Å². The zero-order valence-corrected chi connectivity index (χ0v) is 18.6. The van der Waals surface area contributed by atoms with Gasteiger partial charge in [-0.25, -0.2) is 4.39 Å². The highest BCUT2D eigenvalue weighted by atomic mass is 35.5. The molecule has 2 heterocycles. The summed E-state index contributed by atoms with van der Waals surface area (Å²) >= 11 is 5.95. The van der Waals surface area contributed by atoms with Gasteiger partial charge in [-0.05, 0) is 60.5 Å². The number of carbonyl (C=O) groups is 2. The summed E-state index contributed by atoms with van der Waals surface area (Å²) in [5, 5.41) is 0.550. The van der Waals surface area contributed by atoms with Crippen LogP contribution >= 0.6 is 11.6 Å². The molecule has 0 aliphatic carbocycles. The van der Waals surface area contributed by atoms with Crippen molar-refractivity contribution in [2.75, 3.05) is 19.6 Å². The largest absolute Gasteiger partial charge is 0.348 e. The lowest BCUT2D eigenvalue weighted by Gasteiger charge is -2.38. The summed E-state index contributed by atoms with van der Waals surface area (Å²) in [6.07, 6.45) is 2.69. The van der Waals surface area contributed by atoms with Crippen molar-refractivity contribution in [3.8, 4) is 0 Å². The van der Waals surface area contributed by atoms with E-state index in [-0.39, 0.29) is 24.2 Å². The van der Waals surface area contributed by atoms with E-state index in [0.717, 1.165) is 12.1 Å². The topological polar surface area (TPSA) is 45.6 Å². The molecule has 0 saturated carbocycles. The maximum absolute atomic E-state index is 14.0. The lowest BCUT2D eigenvalue weighted by Crippen LogP contribution is -2.48. The van der Waals surface area contributed by atoms with Gasteiger partial charge in [-0.1, -0.05) is 30.7 Å². The summed E-state index contributed by atoms with van der Waals surface area (Å²) in [7, 11) is 0. The molecule has 1 aliphatic heterocycles. The fraction of sp³-hybridized carbons (Fsp3) is 0.280. The number of fused-ring (bicyclic) bond motifs is 1. The fourth-order valence-corrected chi connectivity index (χ4v) is 4.36. The maximum Gasteiger partial charge on any atom is 0.254 e. The smallest absolute Gasteiger partial charge is 0.254 e. The molecule has 2 aromatic carbocycles. The van der Waals surface area contributed by atoms with Crippen molar-refractivity contribution in [2.24, 2.45) is 0 Å². The number of nitrogens with zero attached hydrogens (tertiary/aromatic N) is 3. The van der Waals surface area contributed by atoms with Crippen molar-refractivity contribution in [2.45, 2.75) is 25.9 Å². The maximum atomic E-state index is 14.0. The summed E-state index contributed by atoms with van der Waals surface area (Å²) in [6, 6.07) is 16.5. The molecule has 5 nitrogen and oxygen atoms in total. The van der Waals surface area contributed by atoms with E-state index in [4.69, 9.17) is 11.6 Å². The minimum Gasteiger partial charge on any atom is -0.348 e. The van der Waals surface area contributed by atoms with E-state index in [1.807, 2.05) is 31.3 Å². The summed E-state index contributed by atoms with van der Waals surface area (Å²) in [5.74, 6) is -0.717. The molecule has 0 radical (unpaired) electrons. The first-order valence-corrected chi connectivity index (χ1v) is 11.1. The second kappa shape index (κ2) is 9.57. The first kappa shape index (κ1) is 22.1. The minimum atomic E-state index is -0.406. The van der Waals surface area contributed by atoms with E-state index in [1.165, 1.54) is 12.1 Å². The van der Waals surface area contributed by atoms with Crippen LogP contribution in [-0.4, -0.2) is 45.8 Å². The highest BCUT2D eigenvalue weighted by Gasteiger charge is 2.33. The van der Waals surface area contributed by atoms with Crippen molar-refractivity contribution in [3.63, 3.8) is 0 Å². The summed E-state index contributed by atoms with van der Waals surface area (Å²) in [4.78, 5) is 29.9. The molecule has 4 rings (SSSR count). The van der Waals surface area contributed by atoms with Gasteiger partial charge in [0.15, 0.2) is 0 Å². The van der Waals surface area contributed by atoms with Crippen LogP contribution in [0.5, 0.6) is 0 Å². The molecule has 0 spiro atoms. The molecule has 1 aromatic heterocycles. The quantitative estimate of drug-likeness (QED) is 0.540. The third-order valence-electron chi connectivity index (χ3n) is 5.72. The van der Waals surface area contributed by atoms with E-state index >= 15 is 0 Å². The van der Waals surface area contributed by atoms with Crippen LogP contribution in [0.15, 0.2) is 66.9 Å².